The predicted octanol–water partition coefficient (Wildman–Crippen LogP) is 2.37. The molecule has 2 bridgehead atoms. The van der Waals surface area contributed by atoms with E-state index in [9.17, 15) is 14.4 Å². The fourth-order valence-corrected chi connectivity index (χ4v) is 4.30. The molecule has 6 heteroatoms. The minimum absolute atomic E-state index is 0.337. The largest absolute Gasteiger partial charge is 0.456 e. The first-order valence-corrected chi connectivity index (χ1v) is 8.53. The van der Waals surface area contributed by atoms with Crippen LogP contribution in [0.2, 0.25) is 0 Å². The Bertz CT molecular complexity index is 569. The van der Waals surface area contributed by atoms with Crippen LogP contribution in [0.4, 0.5) is 0 Å². The van der Waals surface area contributed by atoms with E-state index >= 15 is 0 Å². The lowest BCUT2D eigenvalue weighted by Crippen LogP contribution is -2.34. The van der Waals surface area contributed by atoms with Gasteiger partial charge in [-0.05, 0) is 48.5 Å². The van der Waals surface area contributed by atoms with E-state index < -0.39 is 18.4 Å². The van der Waals surface area contributed by atoms with Crippen LogP contribution in [0.3, 0.4) is 0 Å². The standard InChI is InChI=1S/C16H19NO4S/c18-14(17-16(20)13-2-1-5-22-13)9-21-15(19)8-12-7-10-3-4-11(12)6-10/h1-2,5,10-12H,3-4,6-9H2,(H,17,18,20)/t10-,11-,12-/m1/s1. The van der Waals surface area contributed by atoms with Crippen LogP contribution in [0.25, 0.3) is 0 Å². The van der Waals surface area contributed by atoms with Gasteiger partial charge in [0.2, 0.25) is 0 Å². The van der Waals surface area contributed by atoms with Crippen molar-refractivity contribution in [2.75, 3.05) is 6.61 Å². The van der Waals surface area contributed by atoms with Gasteiger partial charge in [-0.15, -0.1) is 11.3 Å². The van der Waals surface area contributed by atoms with Crippen molar-refractivity contribution < 1.29 is 19.1 Å². The van der Waals surface area contributed by atoms with Crippen molar-refractivity contribution in [1.82, 2.24) is 5.32 Å². The van der Waals surface area contributed by atoms with Crippen molar-refractivity contribution >= 4 is 29.1 Å². The Morgan fingerprint density at radius 3 is 2.77 bits per heavy atom. The normalized spacial score (nSPS) is 25.9. The summed E-state index contributed by atoms with van der Waals surface area (Å²) < 4.78 is 4.99. The molecular weight excluding hydrogens is 302 g/mol. The lowest BCUT2D eigenvalue weighted by Gasteiger charge is -2.20. The maximum atomic E-state index is 11.8. The van der Waals surface area contributed by atoms with Crippen molar-refractivity contribution in [2.24, 2.45) is 17.8 Å². The van der Waals surface area contributed by atoms with Crippen molar-refractivity contribution in [3.05, 3.63) is 22.4 Å². The van der Waals surface area contributed by atoms with Gasteiger partial charge in [-0.3, -0.25) is 19.7 Å². The Balaban J connectivity index is 1.37. The van der Waals surface area contributed by atoms with E-state index in [-0.39, 0.29) is 5.97 Å². The summed E-state index contributed by atoms with van der Waals surface area (Å²) in [6.07, 6.45) is 5.27. The van der Waals surface area contributed by atoms with E-state index in [2.05, 4.69) is 5.32 Å². The summed E-state index contributed by atoms with van der Waals surface area (Å²) >= 11 is 1.25. The lowest BCUT2D eigenvalue weighted by molar-refractivity contribution is -0.149. The molecule has 0 aliphatic heterocycles. The number of fused-ring (bicyclic) bond motifs is 2. The first-order chi connectivity index (χ1) is 10.6. The first-order valence-electron chi connectivity index (χ1n) is 7.65. The topological polar surface area (TPSA) is 72.5 Å². The quantitative estimate of drug-likeness (QED) is 0.845. The highest BCUT2D eigenvalue weighted by atomic mass is 32.1. The van der Waals surface area contributed by atoms with Crippen molar-refractivity contribution in [3.63, 3.8) is 0 Å². The van der Waals surface area contributed by atoms with Crippen LogP contribution >= 0.6 is 11.3 Å². The Morgan fingerprint density at radius 1 is 1.27 bits per heavy atom. The van der Waals surface area contributed by atoms with Crippen LogP contribution in [-0.4, -0.2) is 24.4 Å². The van der Waals surface area contributed by atoms with E-state index in [1.165, 1.54) is 30.6 Å². The fourth-order valence-electron chi connectivity index (χ4n) is 3.68. The third kappa shape index (κ3) is 3.55. The number of carbonyl (C=O) groups is 3. The van der Waals surface area contributed by atoms with Crippen LogP contribution in [0.15, 0.2) is 17.5 Å². The number of hydrogen-bond donors (Lipinski definition) is 1. The molecule has 3 rings (SSSR count). The summed E-state index contributed by atoms with van der Waals surface area (Å²) in [5.74, 6) is 0.489. The Kier molecular flexibility index (Phi) is 4.57. The Morgan fingerprint density at radius 2 is 2.14 bits per heavy atom. The van der Waals surface area contributed by atoms with Gasteiger partial charge in [0.15, 0.2) is 6.61 Å². The van der Waals surface area contributed by atoms with Gasteiger partial charge in [0.05, 0.1) is 4.88 Å². The van der Waals surface area contributed by atoms with E-state index in [4.69, 9.17) is 4.74 Å². The van der Waals surface area contributed by atoms with Crippen LogP contribution in [0, 0.1) is 17.8 Å². The van der Waals surface area contributed by atoms with Crippen molar-refractivity contribution in [2.45, 2.75) is 32.1 Å². The van der Waals surface area contributed by atoms with Crippen molar-refractivity contribution in [3.8, 4) is 0 Å². The highest BCUT2D eigenvalue weighted by Crippen LogP contribution is 2.49. The maximum Gasteiger partial charge on any atom is 0.306 e. The minimum atomic E-state index is -0.584. The van der Waals surface area contributed by atoms with Gasteiger partial charge in [0.25, 0.3) is 11.8 Å². The molecule has 1 aromatic rings. The highest BCUT2D eigenvalue weighted by Gasteiger charge is 2.40. The predicted molar refractivity (Wildman–Crippen MR) is 81.3 cm³/mol. The number of imide groups is 1. The van der Waals surface area contributed by atoms with E-state index in [1.807, 2.05) is 0 Å². The van der Waals surface area contributed by atoms with Crippen LogP contribution in [0.1, 0.15) is 41.8 Å². The third-order valence-corrected chi connectivity index (χ3v) is 5.54. The fraction of sp³-hybridized carbons (Fsp3) is 0.562. The van der Waals surface area contributed by atoms with Crippen molar-refractivity contribution in [1.29, 1.82) is 0 Å². The molecule has 3 atom stereocenters. The number of nitrogens with one attached hydrogen (secondary N) is 1. The van der Waals surface area contributed by atoms with Gasteiger partial charge in [0.1, 0.15) is 0 Å². The molecule has 118 valence electrons. The molecule has 2 fully saturated rings. The van der Waals surface area contributed by atoms with Gasteiger partial charge in [0, 0.05) is 6.42 Å². The molecule has 5 nitrogen and oxygen atoms in total. The first kappa shape index (κ1) is 15.2. The smallest absolute Gasteiger partial charge is 0.306 e. The van der Waals surface area contributed by atoms with Gasteiger partial charge in [-0.25, -0.2) is 0 Å². The number of thiophene rings is 1. The number of esters is 1. The Hall–Kier alpha value is -1.69. The van der Waals surface area contributed by atoms with Gasteiger partial charge in [-0.2, -0.15) is 0 Å². The van der Waals surface area contributed by atoms with Crippen LogP contribution < -0.4 is 5.32 Å². The van der Waals surface area contributed by atoms with Crippen LogP contribution in [-0.2, 0) is 14.3 Å². The molecule has 22 heavy (non-hydrogen) atoms. The summed E-state index contributed by atoms with van der Waals surface area (Å²) in [4.78, 5) is 35.5. The number of rotatable bonds is 5. The summed E-state index contributed by atoms with van der Waals surface area (Å²) in [5, 5.41) is 3.97. The zero-order valence-corrected chi connectivity index (χ0v) is 13.1. The second kappa shape index (κ2) is 6.60. The van der Waals surface area contributed by atoms with Gasteiger partial charge >= 0.3 is 5.97 Å². The molecule has 1 heterocycles. The summed E-state index contributed by atoms with van der Waals surface area (Å²) in [5.41, 5.74) is 0. The molecule has 2 aliphatic carbocycles. The average molecular weight is 321 g/mol. The third-order valence-electron chi connectivity index (χ3n) is 4.68. The number of amides is 2. The zero-order valence-electron chi connectivity index (χ0n) is 12.2. The molecule has 2 aliphatic rings. The SMILES string of the molecule is O=C(COC(=O)C[C@H]1C[C@@H]2CC[C@@H]1C2)NC(=O)c1cccs1. The molecule has 0 spiro atoms. The maximum absolute atomic E-state index is 11.8. The molecule has 1 aromatic heterocycles. The van der Waals surface area contributed by atoms with E-state index in [1.54, 1.807) is 17.5 Å². The second-order valence-electron chi connectivity index (χ2n) is 6.15. The molecular formula is C16H19NO4S. The average Bonchev–Trinajstić information content (AvgIpc) is 3.22. The van der Waals surface area contributed by atoms with Gasteiger partial charge < -0.3 is 4.74 Å². The molecule has 2 saturated carbocycles. The molecule has 0 saturated heterocycles. The van der Waals surface area contributed by atoms with E-state index in [0.29, 0.717) is 23.1 Å². The Labute approximate surface area is 133 Å². The molecule has 0 unspecified atom stereocenters. The summed E-state index contributed by atoms with van der Waals surface area (Å²) in [6.45, 7) is -0.392. The van der Waals surface area contributed by atoms with Crippen LogP contribution in [0.5, 0.6) is 0 Å². The summed E-state index contributed by atoms with van der Waals surface area (Å²) in [7, 11) is 0. The molecule has 1 N–H and O–H groups in total. The minimum Gasteiger partial charge on any atom is -0.456 e. The molecule has 0 radical (unpaired) electrons. The molecule has 0 aromatic carbocycles. The monoisotopic (exact) mass is 321 g/mol. The summed E-state index contributed by atoms with van der Waals surface area (Å²) in [6, 6.07) is 3.37. The second-order valence-corrected chi connectivity index (χ2v) is 7.10. The lowest BCUT2D eigenvalue weighted by atomic mass is 9.86. The number of hydrogen-bond acceptors (Lipinski definition) is 5. The highest BCUT2D eigenvalue weighted by molar-refractivity contribution is 7.12. The number of carbonyl (C=O) groups excluding carboxylic acids is 3. The van der Waals surface area contributed by atoms with E-state index in [0.717, 1.165) is 12.3 Å². The number of ether oxygens (including phenoxy) is 1. The molecule has 2 amide bonds. The van der Waals surface area contributed by atoms with Gasteiger partial charge in [-0.1, -0.05) is 12.5 Å². The zero-order chi connectivity index (χ0) is 15.5.